The third kappa shape index (κ3) is 4.27. The molecule has 0 heterocycles. The molecule has 0 aliphatic carbocycles. The van der Waals surface area contributed by atoms with E-state index in [-0.39, 0.29) is 17.9 Å². The van der Waals surface area contributed by atoms with E-state index in [1.54, 1.807) is 0 Å². The van der Waals surface area contributed by atoms with E-state index in [4.69, 9.17) is 4.74 Å². The van der Waals surface area contributed by atoms with Gasteiger partial charge < -0.3 is 10.1 Å². The summed E-state index contributed by atoms with van der Waals surface area (Å²) < 4.78 is 4.92. The Balaban J connectivity index is 2.89. The first-order valence-electron chi connectivity index (χ1n) is 6.77. The van der Waals surface area contributed by atoms with E-state index in [9.17, 15) is 4.79 Å². The molecule has 106 valence electrons. The fourth-order valence-electron chi connectivity index (χ4n) is 2.05. The number of anilines is 1. The number of nitrogens with one attached hydrogen (secondary N) is 1. The highest BCUT2D eigenvalue weighted by Crippen LogP contribution is 2.29. The van der Waals surface area contributed by atoms with Crippen LogP contribution in [0, 0.1) is 13.8 Å². The average molecular weight is 263 g/mol. The number of carbonyl (C=O) groups excluding carboxylic acids is 1. The monoisotopic (exact) mass is 263 g/mol. The lowest BCUT2D eigenvalue weighted by molar-refractivity contribution is -0.140. The van der Waals surface area contributed by atoms with Gasteiger partial charge in [-0.25, -0.2) is 0 Å². The summed E-state index contributed by atoms with van der Waals surface area (Å²) >= 11 is 0. The van der Waals surface area contributed by atoms with Gasteiger partial charge in [0.1, 0.15) is 6.54 Å². The molecule has 0 aromatic heterocycles. The number of rotatable bonds is 4. The van der Waals surface area contributed by atoms with Gasteiger partial charge in [-0.15, -0.1) is 0 Å². The fourth-order valence-corrected chi connectivity index (χ4v) is 2.05. The molecule has 0 fully saturated rings. The molecule has 1 rings (SSSR count). The molecule has 0 amide bonds. The van der Waals surface area contributed by atoms with E-state index in [2.05, 4.69) is 52.1 Å². The van der Waals surface area contributed by atoms with Crippen molar-refractivity contribution < 1.29 is 9.53 Å². The van der Waals surface area contributed by atoms with E-state index in [1.165, 1.54) is 5.56 Å². The maximum Gasteiger partial charge on any atom is 0.325 e. The van der Waals surface area contributed by atoms with Gasteiger partial charge in [0.05, 0.1) is 6.61 Å². The summed E-state index contributed by atoms with van der Waals surface area (Å²) in [5.74, 6) is -0.221. The van der Waals surface area contributed by atoms with E-state index >= 15 is 0 Å². The van der Waals surface area contributed by atoms with Gasteiger partial charge in [0.15, 0.2) is 0 Å². The van der Waals surface area contributed by atoms with Gasteiger partial charge in [-0.1, -0.05) is 32.9 Å². The van der Waals surface area contributed by atoms with Gasteiger partial charge in [-0.2, -0.15) is 0 Å². The largest absolute Gasteiger partial charge is 0.465 e. The van der Waals surface area contributed by atoms with Crippen molar-refractivity contribution in [1.29, 1.82) is 0 Å². The van der Waals surface area contributed by atoms with Gasteiger partial charge >= 0.3 is 5.97 Å². The predicted molar refractivity (Wildman–Crippen MR) is 79.7 cm³/mol. The van der Waals surface area contributed by atoms with Crippen LogP contribution in [0.1, 0.15) is 44.4 Å². The van der Waals surface area contributed by atoms with Gasteiger partial charge in [0, 0.05) is 5.69 Å². The van der Waals surface area contributed by atoms with Gasteiger partial charge in [0.25, 0.3) is 0 Å². The molecule has 0 unspecified atom stereocenters. The highest BCUT2D eigenvalue weighted by atomic mass is 16.5. The zero-order valence-electron chi connectivity index (χ0n) is 12.9. The summed E-state index contributed by atoms with van der Waals surface area (Å²) in [5, 5.41) is 3.17. The average Bonchev–Trinajstić information content (AvgIpc) is 2.26. The number of hydrogen-bond acceptors (Lipinski definition) is 3. The second-order valence-corrected chi connectivity index (χ2v) is 5.89. The molecule has 1 aromatic carbocycles. The summed E-state index contributed by atoms with van der Waals surface area (Å²) in [6.07, 6.45) is 0. The van der Waals surface area contributed by atoms with Crippen LogP contribution in [0.15, 0.2) is 12.1 Å². The van der Waals surface area contributed by atoms with Crippen molar-refractivity contribution in [2.24, 2.45) is 0 Å². The van der Waals surface area contributed by atoms with Crippen LogP contribution in [-0.4, -0.2) is 19.1 Å². The lowest BCUT2D eigenvalue weighted by Crippen LogP contribution is -2.18. The Morgan fingerprint density at radius 2 is 1.74 bits per heavy atom. The Morgan fingerprint density at radius 3 is 2.16 bits per heavy atom. The van der Waals surface area contributed by atoms with Crippen molar-refractivity contribution in [3.8, 4) is 0 Å². The molecular weight excluding hydrogens is 238 g/mol. The molecule has 19 heavy (non-hydrogen) atoms. The van der Waals surface area contributed by atoms with E-state index in [0.717, 1.165) is 16.8 Å². The smallest absolute Gasteiger partial charge is 0.325 e. The molecule has 0 bridgehead atoms. The van der Waals surface area contributed by atoms with Crippen molar-refractivity contribution in [1.82, 2.24) is 0 Å². The normalized spacial score (nSPS) is 11.3. The minimum atomic E-state index is -0.221. The third-order valence-electron chi connectivity index (χ3n) is 3.11. The van der Waals surface area contributed by atoms with E-state index in [1.807, 2.05) is 6.92 Å². The van der Waals surface area contributed by atoms with Gasteiger partial charge in [-0.3, -0.25) is 4.79 Å². The SMILES string of the molecule is CCOC(=O)CNc1c(C)cc(C(C)(C)C)cc1C. The lowest BCUT2D eigenvalue weighted by atomic mass is 9.85. The molecule has 0 spiro atoms. The zero-order chi connectivity index (χ0) is 14.6. The Kier molecular flexibility index (Phi) is 4.98. The first-order valence-corrected chi connectivity index (χ1v) is 6.77. The molecule has 0 aliphatic heterocycles. The van der Waals surface area contributed by atoms with Crippen molar-refractivity contribution in [2.75, 3.05) is 18.5 Å². The van der Waals surface area contributed by atoms with Crippen LogP contribution in [0.25, 0.3) is 0 Å². The van der Waals surface area contributed by atoms with Crippen LogP contribution in [-0.2, 0) is 14.9 Å². The molecule has 0 aliphatic rings. The van der Waals surface area contributed by atoms with Crippen molar-refractivity contribution >= 4 is 11.7 Å². The zero-order valence-corrected chi connectivity index (χ0v) is 12.9. The summed E-state index contributed by atoms with van der Waals surface area (Å²) in [6.45, 7) is 13.2. The maximum atomic E-state index is 11.4. The molecule has 3 nitrogen and oxygen atoms in total. The summed E-state index contributed by atoms with van der Waals surface area (Å²) in [7, 11) is 0. The number of esters is 1. The van der Waals surface area contributed by atoms with Crippen molar-refractivity contribution in [2.45, 2.75) is 47.0 Å². The second kappa shape index (κ2) is 6.09. The Morgan fingerprint density at radius 1 is 1.21 bits per heavy atom. The van der Waals surface area contributed by atoms with Gasteiger partial charge in [0.2, 0.25) is 0 Å². The van der Waals surface area contributed by atoms with E-state index < -0.39 is 0 Å². The highest BCUT2D eigenvalue weighted by molar-refractivity contribution is 5.76. The van der Waals surface area contributed by atoms with Crippen LogP contribution in [0.5, 0.6) is 0 Å². The van der Waals surface area contributed by atoms with Crippen LogP contribution in [0.3, 0.4) is 0 Å². The van der Waals surface area contributed by atoms with E-state index in [0.29, 0.717) is 6.61 Å². The van der Waals surface area contributed by atoms with Gasteiger partial charge in [-0.05, 0) is 42.9 Å². The lowest BCUT2D eigenvalue weighted by Gasteiger charge is -2.22. The minimum Gasteiger partial charge on any atom is -0.465 e. The molecule has 0 atom stereocenters. The van der Waals surface area contributed by atoms with Crippen LogP contribution >= 0.6 is 0 Å². The quantitative estimate of drug-likeness (QED) is 0.844. The number of benzene rings is 1. The topological polar surface area (TPSA) is 38.3 Å². The summed E-state index contributed by atoms with van der Waals surface area (Å²) in [6, 6.07) is 4.36. The summed E-state index contributed by atoms with van der Waals surface area (Å²) in [4.78, 5) is 11.4. The number of aryl methyl sites for hydroxylation is 2. The maximum absolute atomic E-state index is 11.4. The first kappa shape index (κ1) is 15.5. The third-order valence-corrected chi connectivity index (χ3v) is 3.11. The highest BCUT2D eigenvalue weighted by Gasteiger charge is 2.16. The standard InChI is InChI=1S/C16H25NO2/c1-7-19-14(18)10-17-15-11(2)8-13(9-12(15)3)16(4,5)6/h8-9,17H,7,10H2,1-6H3. The molecule has 1 aromatic rings. The number of carbonyl (C=O) groups is 1. The Labute approximate surface area is 116 Å². The van der Waals surface area contributed by atoms with Crippen LogP contribution in [0.4, 0.5) is 5.69 Å². The minimum absolute atomic E-state index is 0.134. The first-order chi connectivity index (χ1) is 8.75. The van der Waals surface area contributed by atoms with Crippen LogP contribution < -0.4 is 5.32 Å². The number of hydrogen-bond donors (Lipinski definition) is 1. The second-order valence-electron chi connectivity index (χ2n) is 5.89. The fraction of sp³-hybridized carbons (Fsp3) is 0.562. The molecular formula is C16H25NO2. The van der Waals surface area contributed by atoms with Crippen molar-refractivity contribution in [3.05, 3.63) is 28.8 Å². The predicted octanol–water partition coefficient (Wildman–Crippen LogP) is 3.58. The molecule has 1 N–H and O–H groups in total. The molecule has 0 saturated carbocycles. The molecule has 0 radical (unpaired) electrons. The molecule has 0 saturated heterocycles. The Hall–Kier alpha value is -1.51. The molecule has 3 heteroatoms. The number of ether oxygens (including phenoxy) is 1. The summed E-state index contributed by atoms with van der Waals surface area (Å²) in [5.41, 5.74) is 4.79. The van der Waals surface area contributed by atoms with Crippen molar-refractivity contribution in [3.63, 3.8) is 0 Å². The van der Waals surface area contributed by atoms with Crippen LogP contribution in [0.2, 0.25) is 0 Å². The Bertz CT molecular complexity index is 435.